The Balaban J connectivity index is 2.25. The van der Waals surface area contributed by atoms with Crippen LogP contribution in [0.4, 0.5) is 0 Å². The Labute approximate surface area is 120 Å². The lowest BCUT2D eigenvalue weighted by molar-refractivity contribution is 0.0726. The van der Waals surface area contributed by atoms with Crippen LogP contribution in [0.2, 0.25) is 0 Å². The summed E-state index contributed by atoms with van der Waals surface area (Å²) in [6.07, 6.45) is 13.0. The van der Waals surface area contributed by atoms with Gasteiger partial charge in [-0.1, -0.05) is 52.4 Å². The van der Waals surface area contributed by atoms with E-state index in [1.807, 2.05) is 0 Å². The van der Waals surface area contributed by atoms with Crippen LogP contribution in [0.1, 0.15) is 78.1 Å². The summed E-state index contributed by atoms with van der Waals surface area (Å²) in [5.74, 6) is 0.897. The third-order valence-electron chi connectivity index (χ3n) is 4.51. The van der Waals surface area contributed by atoms with E-state index in [1.54, 1.807) is 0 Å². The number of hydrogen-bond acceptors (Lipinski definition) is 2. The molecule has 0 saturated carbocycles. The lowest BCUT2D eigenvalue weighted by Crippen LogP contribution is -2.38. The minimum atomic E-state index is -0.0325. The van der Waals surface area contributed by atoms with Gasteiger partial charge in [0.15, 0.2) is 0 Å². The molecule has 1 heterocycles. The fourth-order valence-electron chi connectivity index (χ4n) is 3.16. The van der Waals surface area contributed by atoms with Gasteiger partial charge in [0.2, 0.25) is 0 Å². The molecule has 2 nitrogen and oxygen atoms in total. The Morgan fingerprint density at radius 2 is 1.47 bits per heavy atom. The van der Waals surface area contributed by atoms with Gasteiger partial charge in [-0.05, 0) is 31.6 Å². The van der Waals surface area contributed by atoms with E-state index < -0.39 is 0 Å². The topological polar surface area (TPSA) is 23.5 Å². The van der Waals surface area contributed by atoms with E-state index >= 15 is 0 Å². The maximum Gasteiger partial charge on any atom is 0.0564 e. The van der Waals surface area contributed by atoms with Crippen molar-refractivity contribution in [3.05, 3.63) is 0 Å². The van der Waals surface area contributed by atoms with E-state index in [1.165, 1.54) is 57.9 Å². The Kier molecular flexibility index (Phi) is 9.54. The summed E-state index contributed by atoms with van der Waals surface area (Å²) in [4.78, 5) is 2.59. The zero-order valence-electron chi connectivity index (χ0n) is 13.2. The van der Waals surface area contributed by atoms with Crippen molar-refractivity contribution in [2.45, 2.75) is 84.2 Å². The molecule has 2 heteroatoms. The highest BCUT2D eigenvalue weighted by atomic mass is 16.3. The van der Waals surface area contributed by atoms with Crippen LogP contribution in [0.5, 0.6) is 0 Å². The minimum absolute atomic E-state index is 0.0325. The highest BCUT2D eigenvalue weighted by Gasteiger charge is 2.19. The van der Waals surface area contributed by atoms with Crippen molar-refractivity contribution in [1.82, 2.24) is 4.90 Å². The molecule has 1 fully saturated rings. The van der Waals surface area contributed by atoms with Crippen LogP contribution in [0.3, 0.4) is 0 Å². The molecule has 0 atom stereocenters. The van der Waals surface area contributed by atoms with Crippen LogP contribution in [0, 0.1) is 5.92 Å². The highest BCUT2D eigenvalue weighted by molar-refractivity contribution is 4.74. The number of piperidine rings is 1. The van der Waals surface area contributed by atoms with Crippen molar-refractivity contribution in [2.24, 2.45) is 5.92 Å². The van der Waals surface area contributed by atoms with Crippen LogP contribution >= 0.6 is 0 Å². The number of aliphatic hydroxyl groups excluding tert-OH is 1. The predicted molar refractivity (Wildman–Crippen MR) is 83.5 cm³/mol. The van der Waals surface area contributed by atoms with Crippen LogP contribution in [-0.4, -0.2) is 35.7 Å². The van der Waals surface area contributed by atoms with E-state index in [2.05, 4.69) is 18.7 Å². The zero-order chi connectivity index (χ0) is 13.9. The molecule has 114 valence electrons. The molecule has 0 aromatic rings. The van der Waals surface area contributed by atoms with Gasteiger partial charge < -0.3 is 10.0 Å². The van der Waals surface area contributed by atoms with Crippen LogP contribution in [0.25, 0.3) is 0 Å². The van der Waals surface area contributed by atoms with Gasteiger partial charge in [0.05, 0.1) is 6.10 Å². The van der Waals surface area contributed by atoms with Crippen molar-refractivity contribution < 1.29 is 5.11 Å². The first-order valence-electron chi connectivity index (χ1n) is 8.66. The van der Waals surface area contributed by atoms with E-state index in [4.69, 9.17) is 0 Å². The summed E-state index contributed by atoms with van der Waals surface area (Å²) in [5, 5.41) is 9.58. The first-order chi connectivity index (χ1) is 9.26. The normalized spacial score (nSPS) is 18.3. The van der Waals surface area contributed by atoms with Gasteiger partial charge in [0.25, 0.3) is 0 Å². The van der Waals surface area contributed by atoms with Crippen molar-refractivity contribution >= 4 is 0 Å². The number of unbranched alkanes of at least 4 members (excludes halogenated alkanes) is 4. The Morgan fingerprint density at radius 3 is 1.95 bits per heavy atom. The molecule has 0 amide bonds. The van der Waals surface area contributed by atoms with Gasteiger partial charge in [0.1, 0.15) is 0 Å². The Bertz CT molecular complexity index is 189. The molecule has 0 radical (unpaired) electrons. The molecule has 1 saturated heterocycles. The van der Waals surface area contributed by atoms with Gasteiger partial charge >= 0.3 is 0 Å². The van der Waals surface area contributed by atoms with Gasteiger partial charge in [-0.3, -0.25) is 0 Å². The first-order valence-corrected chi connectivity index (χ1v) is 8.66. The maximum atomic E-state index is 9.58. The summed E-state index contributed by atoms with van der Waals surface area (Å²) < 4.78 is 0. The van der Waals surface area contributed by atoms with Crippen LogP contribution in [-0.2, 0) is 0 Å². The maximum absolute atomic E-state index is 9.58. The highest BCUT2D eigenvalue weighted by Crippen LogP contribution is 2.21. The number of hydrogen-bond donors (Lipinski definition) is 1. The van der Waals surface area contributed by atoms with Crippen molar-refractivity contribution in [3.63, 3.8) is 0 Å². The molecule has 0 unspecified atom stereocenters. The molecule has 1 N–H and O–H groups in total. The second-order valence-electron chi connectivity index (χ2n) is 6.39. The summed E-state index contributed by atoms with van der Waals surface area (Å²) >= 11 is 0. The average molecular weight is 269 g/mol. The number of likely N-dealkylation sites (tertiary alicyclic amines) is 1. The molecule has 0 aromatic heterocycles. The van der Waals surface area contributed by atoms with Crippen molar-refractivity contribution in [1.29, 1.82) is 0 Å². The zero-order valence-corrected chi connectivity index (χ0v) is 13.2. The van der Waals surface area contributed by atoms with Gasteiger partial charge in [-0.15, -0.1) is 0 Å². The molecule has 0 spiro atoms. The standard InChI is InChI=1S/C17H35NO/c1-3-5-7-9-16(10-8-6-4-2)15-18-13-11-17(19)12-14-18/h16-17,19H,3-15H2,1-2H3. The fourth-order valence-corrected chi connectivity index (χ4v) is 3.16. The smallest absolute Gasteiger partial charge is 0.0564 e. The summed E-state index contributed by atoms with van der Waals surface area (Å²) in [6, 6.07) is 0. The molecule has 1 aliphatic heterocycles. The third kappa shape index (κ3) is 7.94. The molecular weight excluding hydrogens is 234 g/mol. The van der Waals surface area contributed by atoms with Crippen molar-refractivity contribution in [2.75, 3.05) is 19.6 Å². The third-order valence-corrected chi connectivity index (χ3v) is 4.51. The first kappa shape index (κ1) is 17.0. The number of rotatable bonds is 10. The fraction of sp³-hybridized carbons (Fsp3) is 1.00. The molecule has 0 aliphatic carbocycles. The van der Waals surface area contributed by atoms with Crippen LogP contribution < -0.4 is 0 Å². The van der Waals surface area contributed by atoms with E-state index in [9.17, 15) is 5.11 Å². The average Bonchev–Trinajstić information content (AvgIpc) is 2.41. The quantitative estimate of drug-likeness (QED) is 0.600. The number of aliphatic hydroxyl groups is 1. The predicted octanol–water partition coefficient (Wildman–Crippen LogP) is 4.22. The Morgan fingerprint density at radius 1 is 0.947 bits per heavy atom. The van der Waals surface area contributed by atoms with E-state index in [-0.39, 0.29) is 6.10 Å². The molecule has 1 aliphatic rings. The number of nitrogens with zero attached hydrogens (tertiary/aromatic N) is 1. The second kappa shape index (κ2) is 10.7. The van der Waals surface area contributed by atoms with Gasteiger partial charge in [-0.2, -0.15) is 0 Å². The monoisotopic (exact) mass is 269 g/mol. The molecule has 1 rings (SSSR count). The van der Waals surface area contributed by atoms with Gasteiger partial charge in [0, 0.05) is 19.6 Å². The second-order valence-corrected chi connectivity index (χ2v) is 6.39. The lowest BCUT2D eigenvalue weighted by Gasteiger charge is -2.32. The summed E-state index contributed by atoms with van der Waals surface area (Å²) in [6.45, 7) is 8.08. The van der Waals surface area contributed by atoms with E-state index in [0.29, 0.717) is 0 Å². The lowest BCUT2D eigenvalue weighted by atomic mass is 9.93. The summed E-state index contributed by atoms with van der Waals surface area (Å²) in [7, 11) is 0. The van der Waals surface area contributed by atoms with Gasteiger partial charge in [-0.25, -0.2) is 0 Å². The molecule has 0 bridgehead atoms. The Hall–Kier alpha value is -0.0800. The van der Waals surface area contributed by atoms with Crippen LogP contribution in [0.15, 0.2) is 0 Å². The molecule has 0 aromatic carbocycles. The van der Waals surface area contributed by atoms with Crippen molar-refractivity contribution in [3.8, 4) is 0 Å². The van der Waals surface area contributed by atoms with E-state index in [0.717, 1.165) is 31.8 Å². The SMILES string of the molecule is CCCCCC(CCCCC)CN1CCC(O)CC1. The molecular formula is C17H35NO. The minimum Gasteiger partial charge on any atom is -0.393 e. The largest absolute Gasteiger partial charge is 0.393 e. The summed E-state index contributed by atoms with van der Waals surface area (Å²) in [5.41, 5.74) is 0. The molecule has 19 heavy (non-hydrogen) atoms.